The lowest BCUT2D eigenvalue weighted by Crippen LogP contribution is -2.37. The Morgan fingerprint density at radius 2 is 1.78 bits per heavy atom. The molecule has 0 saturated heterocycles. The highest BCUT2D eigenvalue weighted by Gasteiger charge is 2.50. The first-order valence-corrected chi connectivity index (χ1v) is 7.19. The Kier molecular flexibility index (Phi) is 6.78. The fourth-order valence-electron chi connectivity index (χ4n) is 1.11. The molecule has 0 amide bonds. The van der Waals surface area contributed by atoms with E-state index in [4.69, 9.17) is 13.8 Å². The van der Waals surface area contributed by atoms with Crippen molar-refractivity contribution in [1.82, 2.24) is 0 Å². The van der Waals surface area contributed by atoms with E-state index in [2.05, 4.69) is 6.58 Å². The van der Waals surface area contributed by atoms with Gasteiger partial charge in [0.1, 0.15) is 0 Å². The van der Waals surface area contributed by atoms with Crippen LogP contribution in [0.1, 0.15) is 27.7 Å². The molecule has 106 valence electrons. The predicted octanol–water partition coefficient (Wildman–Crippen LogP) is 2.08. The number of ether oxygens (including phenoxy) is 1. The van der Waals surface area contributed by atoms with Crippen LogP contribution in [0.15, 0.2) is 12.2 Å². The van der Waals surface area contributed by atoms with E-state index in [-0.39, 0.29) is 18.8 Å². The summed E-state index contributed by atoms with van der Waals surface area (Å²) in [5, 5.41) is 7.62. The maximum Gasteiger partial charge on any atom is 0.376 e. The largest absolute Gasteiger partial charge is 0.440 e. The van der Waals surface area contributed by atoms with Gasteiger partial charge in [0.05, 0.1) is 19.8 Å². The van der Waals surface area contributed by atoms with Crippen LogP contribution in [0.25, 0.3) is 0 Å². The Balaban J connectivity index is 5.25. The number of esters is 1. The molecule has 0 bridgehead atoms. The molecule has 0 fully saturated rings. The lowest BCUT2D eigenvalue weighted by molar-refractivity contribution is -0.150. The third-order valence-electron chi connectivity index (χ3n) is 2.13. The molecule has 0 radical (unpaired) electrons. The molecule has 0 aromatic rings. The van der Waals surface area contributed by atoms with E-state index >= 15 is 0 Å². The van der Waals surface area contributed by atoms with Gasteiger partial charge in [0, 0.05) is 5.57 Å². The van der Waals surface area contributed by atoms with Crippen LogP contribution in [0.4, 0.5) is 0 Å². The van der Waals surface area contributed by atoms with Crippen LogP contribution >= 0.6 is 7.60 Å². The SMILES string of the molecule is C=C(C)C(=O)OC(C)(CO)P(=O)(OCC)OCC. The smallest absolute Gasteiger partial charge is 0.376 e. The Labute approximate surface area is 107 Å². The van der Waals surface area contributed by atoms with Crippen molar-refractivity contribution < 1.29 is 28.3 Å². The van der Waals surface area contributed by atoms with Gasteiger partial charge in [0.25, 0.3) is 0 Å². The Morgan fingerprint density at radius 3 is 2.06 bits per heavy atom. The minimum Gasteiger partial charge on any atom is -0.440 e. The quantitative estimate of drug-likeness (QED) is 0.416. The van der Waals surface area contributed by atoms with Crippen molar-refractivity contribution in [2.24, 2.45) is 0 Å². The molecule has 0 aromatic carbocycles. The van der Waals surface area contributed by atoms with Crippen LogP contribution in [0.5, 0.6) is 0 Å². The predicted molar refractivity (Wildman–Crippen MR) is 67.3 cm³/mol. The lowest BCUT2D eigenvalue weighted by Gasteiger charge is -2.33. The molecule has 0 aliphatic carbocycles. The van der Waals surface area contributed by atoms with Gasteiger partial charge in [-0.1, -0.05) is 6.58 Å². The number of carbonyl (C=O) groups is 1. The van der Waals surface area contributed by atoms with E-state index in [1.165, 1.54) is 13.8 Å². The first-order valence-electron chi connectivity index (χ1n) is 5.65. The topological polar surface area (TPSA) is 82.1 Å². The minimum absolute atomic E-state index is 0.109. The van der Waals surface area contributed by atoms with Crippen LogP contribution in [-0.4, -0.2) is 36.2 Å². The first kappa shape index (κ1) is 17.3. The van der Waals surface area contributed by atoms with Crippen molar-refractivity contribution in [2.45, 2.75) is 33.0 Å². The Morgan fingerprint density at radius 1 is 1.33 bits per heavy atom. The van der Waals surface area contributed by atoms with E-state index in [0.717, 1.165) is 0 Å². The highest BCUT2D eigenvalue weighted by molar-refractivity contribution is 7.55. The lowest BCUT2D eigenvalue weighted by atomic mass is 10.3. The number of carbonyl (C=O) groups excluding carboxylic acids is 1. The zero-order valence-corrected chi connectivity index (χ0v) is 12.2. The minimum atomic E-state index is -3.77. The van der Waals surface area contributed by atoms with E-state index < -0.39 is 25.5 Å². The Hall–Kier alpha value is -0.680. The van der Waals surface area contributed by atoms with Crippen LogP contribution in [-0.2, 0) is 23.1 Å². The molecule has 0 heterocycles. The fraction of sp³-hybridized carbons (Fsp3) is 0.727. The fourth-order valence-corrected chi connectivity index (χ4v) is 2.78. The van der Waals surface area contributed by atoms with E-state index in [0.29, 0.717) is 0 Å². The van der Waals surface area contributed by atoms with Gasteiger partial charge >= 0.3 is 13.6 Å². The highest BCUT2D eigenvalue weighted by atomic mass is 31.2. The van der Waals surface area contributed by atoms with E-state index in [9.17, 15) is 14.5 Å². The average Bonchev–Trinajstić information content (AvgIpc) is 2.29. The maximum absolute atomic E-state index is 12.5. The number of rotatable bonds is 8. The zero-order chi connectivity index (χ0) is 14.4. The summed E-state index contributed by atoms with van der Waals surface area (Å²) in [5.74, 6) is -0.758. The molecule has 18 heavy (non-hydrogen) atoms. The number of aliphatic hydroxyl groups is 1. The summed E-state index contributed by atoms with van der Waals surface area (Å²) in [6, 6.07) is 0. The molecule has 1 atom stereocenters. The van der Waals surface area contributed by atoms with Gasteiger partial charge in [-0.25, -0.2) is 4.79 Å². The maximum atomic E-state index is 12.5. The van der Waals surface area contributed by atoms with Crippen molar-refractivity contribution in [3.63, 3.8) is 0 Å². The summed E-state index contributed by atoms with van der Waals surface area (Å²) >= 11 is 0. The summed E-state index contributed by atoms with van der Waals surface area (Å²) in [4.78, 5) is 11.5. The van der Waals surface area contributed by atoms with Crippen LogP contribution in [0.3, 0.4) is 0 Å². The van der Waals surface area contributed by atoms with Crippen molar-refractivity contribution in [1.29, 1.82) is 0 Å². The van der Waals surface area contributed by atoms with Crippen molar-refractivity contribution >= 4 is 13.6 Å². The van der Waals surface area contributed by atoms with Crippen molar-refractivity contribution in [3.05, 3.63) is 12.2 Å². The molecule has 0 aliphatic rings. The zero-order valence-electron chi connectivity index (χ0n) is 11.3. The van der Waals surface area contributed by atoms with Gasteiger partial charge in [-0.2, -0.15) is 0 Å². The summed E-state index contributed by atoms with van der Waals surface area (Å²) in [6.07, 6.45) is 0. The van der Waals surface area contributed by atoms with Gasteiger partial charge in [-0.05, 0) is 27.7 Å². The molecule has 0 aliphatic heterocycles. The molecule has 1 N–H and O–H groups in total. The molecule has 0 aromatic heterocycles. The highest BCUT2D eigenvalue weighted by Crippen LogP contribution is 2.60. The van der Waals surface area contributed by atoms with Gasteiger partial charge < -0.3 is 18.9 Å². The standard InChI is InChI=1S/C11H21O6P/c1-6-15-18(14,16-7-2)11(5,8-12)17-10(13)9(3)4/h12H,3,6-8H2,1-2,4-5H3. The Bertz CT molecular complexity index is 343. The molecule has 1 unspecified atom stereocenters. The van der Waals surface area contributed by atoms with E-state index in [1.54, 1.807) is 13.8 Å². The van der Waals surface area contributed by atoms with Crippen LogP contribution in [0, 0.1) is 0 Å². The molecule has 0 rings (SSSR count). The van der Waals surface area contributed by atoms with E-state index in [1.807, 2.05) is 0 Å². The number of aliphatic hydroxyl groups excluding tert-OH is 1. The normalized spacial score (nSPS) is 14.9. The first-order chi connectivity index (χ1) is 8.26. The average molecular weight is 280 g/mol. The summed E-state index contributed by atoms with van der Waals surface area (Å²) in [5.41, 5.74) is 0.134. The second-order valence-electron chi connectivity index (χ2n) is 3.84. The molecule has 0 saturated carbocycles. The van der Waals surface area contributed by atoms with Crippen LogP contribution in [0.2, 0.25) is 0 Å². The van der Waals surface area contributed by atoms with Gasteiger partial charge in [-0.3, -0.25) is 4.57 Å². The van der Waals surface area contributed by atoms with Gasteiger partial charge in [0.2, 0.25) is 5.34 Å². The summed E-state index contributed by atoms with van der Waals surface area (Å²) in [6.45, 7) is 8.97. The molecule has 7 heteroatoms. The molecular weight excluding hydrogens is 259 g/mol. The summed E-state index contributed by atoms with van der Waals surface area (Å²) in [7, 11) is -3.77. The van der Waals surface area contributed by atoms with Crippen LogP contribution < -0.4 is 0 Å². The molecular formula is C11H21O6P. The van der Waals surface area contributed by atoms with Gasteiger partial charge in [0.15, 0.2) is 0 Å². The second-order valence-corrected chi connectivity index (χ2v) is 6.29. The molecule has 6 nitrogen and oxygen atoms in total. The van der Waals surface area contributed by atoms with Gasteiger partial charge in [-0.15, -0.1) is 0 Å². The number of hydrogen-bond acceptors (Lipinski definition) is 6. The summed E-state index contributed by atoms with van der Waals surface area (Å²) < 4.78 is 27.7. The number of hydrogen-bond donors (Lipinski definition) is 1. The van der Waals surface area contributed by atoms with Crippen molar-refractivity contribution in [3.8, 4) is 0 Å². The third kappa shape index (κ3) is 3.92. The van der Waals surface area contributed by atoms with Crippen molar-refractivity contribution in [2.75, 3.05) is 19.8 Å². The molecule has 0 spiro atoms. The monoisotopic (exact) mass is 280 g/mol. The second kappa shape index (κ2) is 7.04. The third-order valence-corrected chi connectivity index (χ3v) is 4.72.